The molecular formula is C20H22OSe. The second-order valence-electron chi connectivity index (χ2n) is 5.66. The third-order valence-corrected chi connectivity index (χ3v) is 6.51. The summed E-state index contributed by atoms with van der Waals surface area (Å²) >= 11 is 0.507. The Balaban J connectivity index is 2.06. The summed E-state index contributed by atoms with van der Waals surface area (Å²) in [4.78, 5) is 0. The monoisotopic (exact) mass is 358 g/mol. The van der Waals surface area contributed by atoms with E-state index < -0.39 is 0 Å². The van der Waals surface area contributed by atoms with Crippen molar-refractivity contribution >= 4 is 25.0 Å². The molecule has 1 heterocycles. The quantitative estimate of drug-likeness (QED) is 0.529. The fourth-order valence-corrected chi connectivity index (χ4v) is 5.40. The minimum absolute atomic E-state index is 0.507. The Kier molecular flexibility index (Phi) is 5.02. The summed E-state index contributed by atoms with van der Waals surface area (Å²) in [6, 6.07) is 17.3. The normalized spacial score (nSPS) is 13.7. The number of aryl methyl sites for hydroxylation is 1. The van der Waals surface area contributed by atoms with Crippen molar-refractivity contribution in [3.63, 3.8) is 0 Å². The first-order chi connectivity index (χ1) is 10.8. The SMILES string of the molecule is CCCC[Se]C1=C(c2ccccc2)COc2ccc(C)cc21. The number of fused-ring (bicyclic) bond motifs is 1. The van der Waals surface area contributed by atoms with Gasteiger partial charge in [0.2, 0.25) is 0 Å². The molecule has 1 nitrogen and oxygen atoms in total. The van der Waals surface area contributed by atoms with E-state index in [-0.39, 0.29) is 0 Å². The molecule has 0 saturated heterocycles. The van der Waals surface area contributed by atoms with Crippen LogP contribution in [0, 0.1) is 6.92 Å². The van der Waals surface area contributed by atoms with Crippen LogP contribution in [-0.4, -0.2) is 21.6 Å². The van der Waals surface area contributed by atoms with Crippen LogP contribution in [0.15, 0.2) is 48.5 Å². The van der Waals surface area contributed by atoms with Gasteiger partial charge in [-0.15, -0.1) is 0 Å². The van der Waals surface area contributed by atoms with Crippen molar-refractivity contribution in [1.29, 1.82) is 0 Å². The molecule has 2 aromatic rings. The van der Waals surface area contributed by atoms with Gasteiger partial charge < -0.3 is 0 Å². The van der Waals surface area contributed by atoms with Crippen molar-refractivity contribution in [3.8, 4) is 5.75 Å². The molecule has 0 fully saturated rings. The van der Waals surface area contributed by atoms with E-state index in [0.29, 0.717) is 21.6 Å². The predicted octanol–water partition coefficient (Wildman–Crippen LogP) is 5.18. The van der Waals surface area contributed by atoms with Gasteiger partial charge in [0, 0.05) is 0 Å². The third kappa shape index (κ3) is 3.29. The number of rotatable bonds is 5. The van der Waals surface area contributed by atoms with Gasteiger partial charge in [-0.3, -0.25) is 0 Å². The first-order valence-electron chi connectivity index (χ1n) is 7.94. The fourth-order valence-electron chi connectivity index (χ4n) is 2.66. The van der Waals surface area contributed by atoms with Gasteiger partial charge in [0.15, 0.2) is 0 Å². The van der Waals surface area contributed by atoms with Crippen molar-refractivity contribution in [1.82, 2.24) is 0 Å². The summed E-state index contributed by atoms with van der Waals surface area (Å²) in [5.74, 6) is 1.05. The number of hydrogen-bond donors (Lipinski definition) is 0. The average Bonchev–Trinajstić information content (AvgIpc) is 2.56. The van der Waals surface area contributed by atoms with Crippen molar-refractivity contribution in [2.45, 2.75) is 32.0 Å². The second kappa shape index (κ2) is 7.17. The second-order valence-corrected chi connectivity index (χ2v) is 7.98. The standard InChI is InChI=1S/C20H22OSe/c1-3-4-12-22-20-17-13-15(2)10-11-19(17)21-14-18(20)16-8-6-5-7-9-16/h5-11,13H,3-4,12,14H2,1-2H3. The Labute approximate surface area is 139 Å². The number of benzene rings is 2. The molecule has 0 radical (unpaired) electrons. The van der Waals surface area contributed by atoms with Crippen LogP contribution in [0.2, 0.25) is 5.32 Å². The van der Waals surface area contributed by atoms with E-state index in [1.165, 1.54) is 44.9 Å². The Hall–Kier alpha value is -1.50. The zero-order valence-corrected chi connectivity index (χ0v) is 15.0. The van der Waals surface area contributed by atoms with E-state index >= 15 is 0 Å². The van der Waals surface area contributed by atoms with E-state index in [1.807, 2.05) is 0 Å². The number of unbranched alkanes of at least 4 members (excludes halogenated alkanes) is 1. The minimum atomic E-state index is 0.507. The van der Waals surface area contributed by atoms with Gasteiger partial charge in [0.1, 0.15) is 0 Å². The predicted molar refractivity (Wildman–Crippen MR) is 95.4 cm³/mol. The van der Waals surface area contributed by atoms with E-state index in [9.17, 15) is 0 Å². The molecule has 22 heavy (non-hydrogen) atoms. The molecular weight excluding hydrogens is 335 g/mol. The Morgan fingerprint density at radius 3 is 2.68 bits per heavy atom. The molecule has 0 aliphatic carbocycles. The van der Waals surface area contributed by atoms with Gasteiger partial charge in [0.25, 0.3) is 0 Å². The average molecular weight is 357 g/mol. The summed E-state index contributed by atoms with van der Waals surface area (Å²) in [5.41, 5.74) is 5.32. The van der Waals surface area contributed by atoms with E-state index in [1.54, 1.807) is 0 Å². The maximum absolute atomic E-state index is 6.03. The van der Waals surface area contributed by atoms with Crippen LogP contribution in [0.4, 0.5) is 0 Å². The van der Waals surface area contributed by atoms with E-state index in [0.717, 1.165) is 5.75 Å². The van der Waals surface area contributed by atoms with Crippen LogP contribution < -0.4 is 4.74 Å². The van der Waals surface area contributed by atoms with Gasteiger partial charge in [-0.2, -0.15) is 0 Å². The van der Waals surface area contributed by atoms with Crippen molar-refractivity contribution in [2.24, 2.45) is 0 Å². The molecule has 0 spiro atoms. The Morgan fingerprint density at radius 1 is 1.09 bits per heavy atom. The van der Waals surface area contributed by atoms with Gasteiger partial charge in [0.05, 0.1) is 0 Å². The summed E-state index contributed by atoms with van der Waals surface area (Å²) in [6.45, 7) is 5.13. The van der Waals surface area contributed by atoms with Crippen LogP contribution in [0.3, 0.4) is 0 Å². The molecule has 0 unspecified atom stereocenters. The summed E-state index contributed by atoms with van der Waals surface area (Å²) < 4.78 is 7.57. The van der Waals surface area contributed by atoms with Crippen LogP contribution in [0.1, 0.15) is 36.5 Å². The fraction of sp³-hybridized carbons (Fsp3) is 0.300. The van der Waals surface area contributed by atoms with Crippen LogP contribution >= 0.6 is 0 Å². The molecule has 1 aliphatic rings. The Bertz CT molecular complexity index is 673. The van der Waals surface area contributed by atoms with Crippen LogP contribution in [0.5, 0.6) is 5.75 Å². The number of hydrogen-bond acceptors (Lipinski definition) is 1. The van der Waals surface area contributed by atoms with Crippen LogP contribution in [-0.2, 0) is 0 Å². The molecule has 0 saturated carbocycles. The van der Waals surface area contributed by atoms with Crippen molar-refractivity contribution < 1.29 is 4.74 Å². The van der Waals surface area contributed by atoms with Crippen molar-refractivity contribution in [2.75, 3.05) is 6.61 Å². The first-order valence-corrected chi connectivity index (χ1v) is 10.0. The first kappa shape index (κ1) is 15.4. The van der Waals surface area contributed by atoms with Gasteiger partial charge in [-0.1, -0.05) is 0 Å². The van der Waals surface area contributed by atoms with Gasteiger partial charge in [-0.25, -0.2) is 0 Å². The molecule has 0 amide bonds. The molecule has 114 valence electrons. The van der Waals surface area contributed by atoms with Gasteiger partial charge in [-0.05, 0) is 0 Å². The zero-order valence-electron chi connectivity index (χ0n) is 13.3. The molecule has 0 bridgehead atoms. The molecule has 0 N–H and O–H groups in total. The molecule has 1 aliphatic heterocycles. The molecule has 3 rings (SSSR count). The number of ether oxygens (including phenoxy) is 1. The van der Waals surface area contributed by atoms with Crippen LogP contribution in [0.25, 0.3) is 10.0 Å². The Morgan fingerprint density at radius 2 is 1.91 bits per heavy atom. The topological polar surface area (TPSA) is 9.23 Å². The third-order valence-electron chi connectivity index (χ3n) is 3.89. The summed E-state index contributed by atoms with van der Waals surface area (Å²) in [5, 5.41) is 1.31. The van der Waals surface area contributed by atoms with E-state index in [2.05, 4.69) is 62.4 Å². The molecule has 2 aromatic carbocycles. The molecule has 2 heteroatoms. The van der Waals surface area contributed by atoms with Gasteiger partial charge >= 0.3 is 139 Å². The molecule has 0 aromatic heterocycles. The van der Waals surface area contributed by atoms with E-state index in [4.69, 9.17) is 4.74 Å². The van der Waals surface area contributed by atoms with Crippen molar-refractivity contribution in [3.05, 3.63) is 65.2 Å². The zero-order chi connectivity index (χ0) is 15.4. The maximum atomic E-state index is 6.03. The summed E-state index contributed by atoms with van der Waals surface area (Å²) in [6.07, 6.45) is 2.58. The molecule has 0 atom stereocenters. The summed E-state index contributed by atoms with van der Waals surface area (Å²) in [7, 11) is 0.